The molecule has 2 aliphatic rings. The van der Waals surface area contributed by atoms with Crippen LogP contribution < -0.4 is 5.73 Å². The molecule has 2 saturated carbocycles. The van der Waals surface area contributed by atoms with Crippen LogP contribution in [0.2, 0.25) is 0 Å². The molecule has 2 N–H and O–H groups in total. The molecule has 2 fully saturated rings. The molecule has 0 aliphatic heterocycles. The summed E-state index contributed by atoms with van der Waals surface area (Å²) in [6, 6.07) is 0.811. The Balaban J connectivity index is 2.22. The minimum atomic E-state index is 0.293. The van der Waals surface area contributed by atoms with E-state index in [0.717, 1.165) is 24.4 Å². The molecule has 0 spiro atoms. The van der Waals surface area contributed by atoms with Gasteiger partial charge in [0.25, 0.3) is 0 Å². The Labute approximate surface area is 113 Å². The van der Waals surface area contributed by atoms with Crippen LogP contribution in [0.1, 0.15) is 65.7 Å². The van der Waals surface area contributed by atoms with Crippen LogP contribution >= 0.6 is 0 Å². The average molecular weight is 252 g/mol. The van der Waals surface area contributed by atoms with Crippen molar-refractivity contribution in [3.8, 4) is 0 Å². The van der Waals surface area contributed by atoms with Gasteiger partial charge in [-0.2, -0.15) is 0 Å². The maximum Gasteiger partial charge on any atom is 0.0362 e. The molecule has 0 heterocycles. The lowest BCUT2D eigenvalue weighted by molar-refractivity contribution is -0.0335. The lowest BCUT2D eigenvalue weighted by Crippen LogP contribution is -2.63. The van der Waals surface area contributed by atoms with Gasteiger partial charge in [0.05, 0.1) is 0 Å². The van der Waals surface area contributed by atoms with Crippen molar-refractivity contribution in [2.75, 3.05) is 13.1 Å². The number of hydrogen-bond acceptors (Lipinski definition) is 2. The summed E-state index contributed by atoms with van der Waals surface area (Å²) in [6.07, 6.45) is 9.72. The topological polar surface area (TPSA) is 29.3 Å². The lowest BCUT2D eigenvalue weighted by Gasteiger charge is -2.54. The Kier molecular flexibility index (Phi) is 4.71. The van der Waals surface area contributed by atoms with Crippen LogP contribution in [0.3, 0.4) is 0 Å². The first kappa shape index (κ1) is 14.3. The number of likely N-dealkylation sites (N-methyl/N-ethyl adjacent to an activating group) is 1. The molecule has 0 aromatic rings. The summed E-state index contributed by atoms with van der Waals surface area (Å²) in [4.78, 5) is 2.81. The van der Waals surface area contributed by atoms with Gasteiger partial charge < -0.3 is 5.73 Å². The Morgan fingerprint density at radius 1 is 1.11 bits per heavy atom. The Morgan fingerprint density at radius 3 is 2.33 bits per heavy atom. The highest BCUT2D eigenvalue weighted by atomic mass is 15.2. The van der Waals surface area contributed by atoms with Crippen LogP contribution in [-0.4, -0.2) is 29.6 Å². The zero-order chi connectivity index (χ0) is 13.2. The summed E-state index contributed by atoms with van der Waals surface area (Å²) < 4.78 is 0. The number of rotatable bonds is 4. The molecular formula is C16H32N2. The van der Waals surface area contributed by atoms with Gasteiger partial charge in [-0.25, -0.2) is 0 Å². The van der Waals surface area contributed by atoms with E-state index in [4.69, 9.17) is 5.73 Å². The van der Waals surface area contributed by atoms with Gasteiger partial charge >= 0.3 is 0 Å². The molecule has 0 aromatic heterocycles. The summed E-state index contributed by atoms with van der Waals surface area (Å²) >= 11 is 0. The van der Waals surface area contributed by atoms with Crippen molar-refractivity contribution < 1.29 is 0 Å². The van der Waals surface area contributed by atoms with Gasteiger partial charge in [0.1, 0.15) is 0 Å². The van der Waals surface area contributed by atoms with E-state index >= 15 is 0 Å². The molecule has 106 valence electrons. The van der Waals surface area contributed by atoms with Crippen LogP contribution in [0.15, 0.2) is 0 Å². The molecule has 0 amide bonds. The fourth-order valence-electron chi connectivity index (χ4n) is 4.70. The van der Waals surface area contributed by atoms with E-state index in [1.807, 2.05) is 0 Å². The predicted molar refractivity (Wildman–Crippen MR) is 78.6 cm³/mol. The molecule has 0 saturated heterocycles. The minimum Gasteiger partial charge on any atom is -0.329 e. The highest BCUT2D eigenvalue weighted by Crippen LogP contribution is 2.43. The van der Waals surface area contributed by atoms with Crippen molar-refractivity contribution >= 4 is 0 Å². The summed E-state index contributed by atoms with van der Waals surface area (Å²) in [5.41, 5.74) is 6.59. The van der Waals surface area contributed by atoms with Crippen LogP contribution in [0.4, 0.5) is 0 Å². The largest absolute Gasteiger partial charge is 0.329 e. The molecule has 3 unspecified atom stereocenters. The molecule has 0 aromatic carbocycles. The molecule has 2 aliphatic carbocycles. The normalized spacial score (nSPS) is 38.5. The molecule has 2 rings (SSSR count). The van der Waals surface area contributed by atoms with E-state index in [1.54, 1.807) is 0 Å². The molecule has 18 heavy (non-hydrogen) atoms. The van der Waals surface area contributed by atoms with Crippen LogP contribution in [-0.2, 0) is 0 Å². The summed E-state index contributed by atoms with van der Waals surface area (Å²) in [5.74, 6) is 1.58. The molecule has 3 atom stereocenters. The number of nitrogens with two attached hydrogens (primary N) is 1. The minimum absolute atomic E-state index is 0.293. The second-order valence-electron chi connectivity index (χ2n) is 6.69. The smallest absolute Gasteiger partial charge is 0.0362 e. The lowest BCUT2D eigenvalue weighted by atomic mass is 9.67. The van der Waals surface area contributed by atoms with Gasteiger partial charge in [-0.15, -0.1) is 0 Å². The first-order chi connectivity index (χ1) is 8.65. The van der Waals surface area contributed by atoms with Gasteiger partial charge in [-0.05, 0) is 37.6 Å². The van der Waals surface area contributed by atoms with Crippen molar-refractivity contribution in [3.05, 3.63) is 0 Å². The third kappa shape index (κ3) is 2.34. The summed E-state index contributed by atoms with van der Waals surface area (Å²) in [5, 5.41) is 0. The Morgan fingerprint density at radius 2 is 1.78 bits per heavy atom. The SMILES string of the molecule is CCN(C1CCCC1)C1(CN)CCCC(C)C1C. The summed E-state index contributed by atoms with van der Waals surface area (Å²) in [6.45, 7) is 9.24. The zero-order valence-electron chi connectivity index (χ0n) is 12.6. The van der Waals surface area contributed by atoms with E-state index in [2.05, 4.69) is 25.7 Å². The second kappa shape index (κ2) is 5.92. The molecule has 0 radical (unpaired) electrons. The monoisotopic (exact) mass is 252 g/mol. The third-order valence-corrected chi connectivity index (χ3v) is 6.00. The molecule has 2 nitrogen and oxygen atoms in total. The van der Waals surface area contributed by atoms with Crippen LogP contribution in [0, 0.1) is 11.8 Å². The first-order valence-electron chi connectivity index (χ1n) is 8.12. The molecule has 2 heteroatoms. The van der Waals surface area contributed by atoms with Crippen molar-refractivity contribution in [3.63, 3.8) is 0 Å². The predicted octanol–water partition coefficient (Wildman–Crippen LogP) is 3.40. The first-order valence-corrected chi connectivity index (χ1v) is 8.12. The fraction of sp³-hybridized carbons (Fsp3) is 1.00. The molecular weight excluding hydrogens is 220 g/mol. The van der Waals surface area contributed by atoms with E-state index in [9.17, 15) is 0 Å². The third-order valence-electron chi connectivity index (χ3n) is 6.00. The van der Waals surface area contributed by atoms with Crippen molar-refractivity contribution in [2.24, 2.45) is 17.6 Å². The van der Waals surface area contributed by atoms with Gasteiger partial charge in [0.2, 0.25) is 0 Å². The number of hydrogen-bond donors (Lipinski definition) is 1. The number of nitrogens with zero attached hydrogens (tertiary/aromatic N) is 1. The van der Waals surface area contributed by atoms with Crippen LogP contribution in [0.25, 0.3) is 0 Å². The summed E-state index contributed by atoms with van der Waals surface area (Å²) in [7, 11) is 0. The van der Waals surface area contributed by atoms with E-state index < -0.39 is 0 Å². The van der Waals surface area contributed by atoms with Crippen molar-refractivity contribution in [1.82, 2.24) is 4.90 Å². The Hall–Kier alpha value is -0.0800. The van der Waals surface area contributed by atoms with E-state index in [-0.39, 0.29) is 0 Å². The zero-order valence-corrected chi connectivity index (χ0v) is 12.6. The van der Waals surface area contributed by atoms with Crippen molar-refractivity contribution in [2.45, 2.75) is 77.3 Å². The average Bonchev–Trinajstić information content (AvgIpc) is 2.89. The fourth-order valence-corrected chi connectivity index (χ4v) is 4.70. The van der Waals surface area contributed by atoms with Crippen molar-refractivity contribution in [1.29, 1.82) is 0 Å². The Bertz CT molecular complexity index is 260. The standard InChI is InChI=1S/C16H32N2/c1-4-18(15-9-5-6-10-15)16(12-17)11-7-8-13(2)14(16)3/h13-15H,4-12,17H2,1-3H3. The van der Waals surface area contributed by atoms with Gasteiger partial charge in [0, 0.05) is 18.1 Å². The quantitative estimate of drug-likeness (QED) is 0.831. The van der Waals surface area contributed by atoms with Gasteiger partial charge in [-0.3, -0.25) is 4.90 Å². The maximum absolute atomic E-state index is 6.29. The van der Waals surface area contributed by atoms with E-state index in [0.29, 0.717) is 5.54 Å². The highest BCUT2D eigenvalue weighted by molar-refractivity contribution is 5.02. The van der Waals surface area contributed by atoms with Crippen LogP contribution in [0.5, 0.6) is 0 Å². The van der Waals surface area contributed by atoms with Gasteiger partial charge in [0.15, 0.2) is 0 Å². The highest BCUT2D eigenvalue weighted by Gasteiger charge is 2.46. The second-order valence-corrected chi connectivity index (χ2v) is 6.69. The van der Waals surface area contributed by atoms with Gasteiger partial charge in [-0.1, -0.05) is 46.5 Å². The molecule has 0 bridgehead atoms. The van der Waals surface area contributed by atoms with E-state index in [1.165, 1.54) is 51.5 Å². The maximum atomic E-state index is 6.29.